The molecule has 0 saturated heterocycles. The Bertz CT molecular complexity index is 446. The van der Waals surface area contributed by atoms with Crippen molar-refractivity contribution in [3.8, 4) is 11.5 Å². The Balaban J connectivity index is 2.63. The van der Waals surface area contributed by atoms with Crippen LogP contribution in [0.1, 0.15) is 27.2 Å². The molecule has 0 aliphatic heterocycles. The van der Waals surface area contributed by atoms with E-state index in [0.717, 1.165) is 11.5 Å². The van der Waals surface area contributed by atoms with Gasteiger partial charge < -0.3 is 19.5 Å². The fraction of sp³-hybridized carbons (Fsp3) is 0.562. The Morgan fingerprint density at radius 1 is 1.29 bits per heavy atom. The number of hydrogen-bond donors (Lipinski definition) is 1. The van der Waals surface area contributed by atoms with E-state index < -0.39 is 5.54 Å². The number of methoxy groups -OCH3 is 1. The highest BCUT2D eigenvalue weighted by atomic mass is 16.5. The van der Waals surface area contributed by atoms with Crippen LogP contribution in [0.15, 0.2) is 24.3 Å². The maximum Gasteiger partial charge on any atom is 0.325 e. The molecule has 0 aliphatic rings. The van der Waals surface area contributed by atoms with Gasteiger partial charge in [0.15, 0.2) is 0 Å². The van der Waals surface area contributed by atoms with Crippen LogP contribution in [0.25, 0.3) is 0 Å². The third kappa shape index (κ3) is 4.93. The molecule has 0 amide bonds. The summed E-state index contributed by atoms with van der Waals surface area (Å²) in [7, 11) is 3.12. The lowest BCUT2D eigenvalue weighted by Gasteiger charge is -2.29. The van der Waals surface area contributed by atoms with Crippen molar-refractivity contribution in [3.63, 3.8) is 0 Å². The highest BCUT2D eigenvalue weighted by molar-refractivity contribution is 5.80. The van der Waals surface area contributed by atoms with E-state index in [4.69, 9.17) is 14.2 Å². The van der Waals surface area contributed by atoms with Gasteiger partial charge >= 0.3 is 5.97 Å². The minimum Gasteiger partial charge on any atom is -0.494 e. The number of esters is 1. The van der Waals surface area contributed by atoms with Crippen LogP contribution >= 0.6 is 0 Å². The zero-order valence-corrected chi connectivity index (χ0v) is 13.4. The zero-order chi connectivity index (χ0) is 15.9. The molecule has 0 radical (unpaired) electrons. The molecule has 0 aromatic heterocycles. The maximum absolute atomic E-state index is 11.8. The van der Waals surface area contributed by atoms with E-state index in [0.29, 0.717) is 13.0 Å². The molecule has 0 aliphatic carbocycles. The molecule has 1 aromatic carbocycles. The fourth-order valence-electron chi connectivity index (χ4n) is 2.14. The topological polar surface area (TPSA) is 56.8 Å². The van der Waals surface area contributed by atoms with Crippen molar-refractivity contribution in [1.82, 2.24) is 5.32 Å². The Kier molecular flexibility index (Phi) is 6.49. The van der Waals surface area contributed by atoms with Gasteiger partial charge in [0.05, 0.1) is 19.8 Å². The highest BCUT2D eigenvalue weighted by Crippen LogP contribution is 2.22. The van der Waals surface area contributed by atoms with Gasteiger partial charge in [-0.1, -0.05) is 0 Å². The number of ether oxygens (including phenoxy) is 3. The van der Waals surface area contributed by atoms with E-state index in [2.05, 4.69) is 5.32 Å². The molecule has 21 heavy (non-hydrogen) atoms. The van der Waals surface area contributed by atoms with Gasteiger partial charge in [-0.3, -0.25) is 4.79 Å². The summed E-state index contributed by atoms with van der Waals surface area (Å²) in [5, 5.41) is 3.00. The van der Waals surface area contributed by atoms with Gasteiger partial charge in [0.2, 0.25) is 0 Å². The second-order valence-corrected chi connectivity index (χ2v) is 5.11. The van der Waals surface area contributed by atoms with Gasteiger partial charge in [-0.25, -0.2) is 0 Å². The first-order valence-corrected chi connectivity index (χ1v) is 7.12. The molecule has 118 valence electrons. The molecular formula is C16H25NO4. The van der Waals surface area contributed by atoms with E-state index >= 15 is 0 Å². The van der Waals surface area contributed by atoms with Crippen molar-refractivity contribution in [3.05, 3.63) is 24.3 Å². The standard InChI is InChI=1S/C16H25NO4/c1-6-20-13-7-9-14(10-8-13)21-12(2)11-16(3,17-4)15(18)19-5/h7-10,12,17H,6,11H2,1-5H3. The van der Waals surface area contributed by atoms with E-state index in [1.807, 2.05) is 38.1 Å². The summed E-state index contributed by atoms with van der Waals surface area (Å²) in [6.45, 7) is 6.31. The average Bonchev–Trinajstić information content (AvgIpc) is 2.48. The van der Waals surface area contributed by atoms with Crippen LogP contribution in [0, 0.1) is 0 Å². The smallest absolute Gasteiger partial charge is 0.325 e. The van der Waals surface area contributed by atoms with Crippen LogP contribution in [-0.4, -0.2) is 38.4 Å². The molecule has 5 heteroatoms. The Morgan fingerprint density at radius 3 is 2.33 bits per heavy atom. The molecule has 0 saturated carbocycles. The molecule has 0 fully saturated rings. The predicted octanol–water partition coefficient (Wildman–Crippen LogP) is 2.39. The number of nitrogens with one attached hydrogen (secondary N) is 1. The van der Waals surface area contributed by atoms with Crippen molar-refractivity contribution < 1.29 is 19.0 Å². The highest BCUT2D eigenvalue weighted by Gasteiger charge is 2.34. The molecule has 1 aromatic rings. The predicted molar refractivity (Wildman–Crippen MR) is 81.8 cm³/mol. The number of likely N-dealkylation sites (N-methyl/N-ethyl adjacent to an activating group) is 1. The lowest BCUT2D eigenvalue weighted by Crippen LogP contribution is -2.50. The first-order chi connectivity index (χ1) is 9.95. The molecule has 2 unspecified atom stereocenters. The normalized spacial score (nSPS) is 14.9. The molecular weight excluding hydrogens is 270 g/mol. The fourth-order valence-corrected chi connectivity index (χ4v) is 2.14. The third-order valence-electron chi connectivity index (χ3n) is 3.36. The number of rotatable bonds is 8. The summed E-state index contributed by atoms with van der Waals surface area (Å²) >= 11 is 0. The number of carbonyl (C=O) groups excluding carboxylic acids is 1. The number of benzene rings is 1. The lowest BCUT2D eigenvalue weighted by atomic mass is 9.95. The van der Waals surface area contributed by atoms with E-state index in [1.54, 1.807) is 14.0 Å². The molecule has 1 rings (SSSR count). The van der Waals surface area contributed by atoms with Crippen LogP contribution < -0.4 is 14.8 Å². The Labute approximate surface area is 126 Å². The van der Waals surface area contributed by atoms with Crippen molar-refractivity contribution in [2.24, 2.45) is 0 Å². The van der Waals surface area contributed by atoms with E-state index in [-0.39, 0.29) is 12.1 Å². The molecule has 0 spiro atoms. The lowest BCUT2D eigenvalue weighted by molar-refractivity contribution is -0.148. The van der Waals surface area contributed by atoms with Crippen molar-refractivity contribution in [2.75, 3.05) is 20.8 Å². The molecule has 0 heterocycles. The van der Waals surface area contributed by atoms with E-state index in [1.165, 1.54) is 7.11 Å². The summed E-state index contributed by atoms with van der Waals surface area (Å²) in [5.41, 5.74) is -0.764. The summed E-state index contributed by atoms with van der Waals surface area (Å²) in [4.78, 5) is 11.8. The number of hydrogen-bond acceptors (Lipinski definition) is 5. The van der Waals surface area contributed by atoms with Crippen LogP contribution in [-0.2, 0) is 9.53 Å². The first kappa shape index (κ1) is 17.3. The molecule has 1 N–H and O–H groups in total. The second-order valence-electron chi connectivity index (χ2n) is 5.11. The summed E-state index contributed by atoms with van der Waals surface area (Å²) in [5.74, 6) is 1.26. The van der Waals surface area contributed by atoms with E-state index in [9.17, 15) is 4.79 Å². The number of carbonyl (C=O) groups is 1. The van der Waals surface area contributed by atoms with Crippen LogP contribution in [0.3, 0.4) is 0 Å². The van der Waals surface area contributed by atoms with Crippen LogP contribution in [0.2, 0.25) is 0 Å². The van der Waals surface area contributed by atoms with Gasteiger partial charge in [0.1, 0.15) is 17.0 Å². The largest absolute Gasteiger partial charge is 0.494 e. The maximum atomic E-state index is 11.8. The van der Waals surface area contributed by atoms with Gasteiger partial charge in [-0.2, -0.15) is 0 Å². The minimum absolute atomic E-state index is 0.139. The minimum atomic E-state index is -0.764. The molecule has 0 bridgehead atoms. The SMILES string of the molecule is CCOc1ccc(OC(C)CC(C)(NC)C(=O)OC)cc1. The summed E-state index contributed by atoms with van der Waals surface area (Å²) in [6.07, 6.45) is 0.364. The summed E-state index contributed by atoms with van der Waals surface area (Å²) < 4.78 is 16.0. The van der Waals surface area contributed by atoms with Gasteiger partial charge in [-0.15, -0.1) is 0 Å². The second kappa shape index (κ2) is 7.88. The van der Waals surface area contributed by atoms with Gasteiger partial charge in [0, 0.05) is 6.42 Å². The van der Waals surface area contributed by atoms with Crippen molar-refractivity contribution in [2.45, 2.75) is 38.8 Å². The van der Waals surface area contributed by atoms with Crippen LogP contribution in [0.5, 0.6) is 11.5 Å². The zero-order valence-electron chi connectivity index (χ0n) is 13.4. The average molecular weight is 295 g/mol. The molecule has 5 nitrogen and oxygen atoms in total. The summed E-state index contributed by atoms with van der Waals surface area (Å²) in [6, 6.07) is 7.44. The Morgan fingerprint density at radius 2 is 1.86 bits per heavy atom. The third-order valence-corrected chi connectivity index (χ3v) is 3.36. The Hall–Kier alpha value is -1.75. The van der Waals surface area contributed by atoms with Gasteiger partial charge in [0.25, 0.3) is 0 Å². The monoisotopic (exact) mass is 295 g/mol. The quantitative estimate of drug-likeness (QED) is 0.746. The van der Waals surface area contributed by atoms with Crippen LogP contribution in [0.4, 0.5) is 0 Å². The first-order valence-electron chi connectivity index (χ1n) is 7.12. The van der Waals surface area contributed by atoms with Crippen molar-refractivity contribution >= 4 is 5.97 Å². The van der Waals surface area contributed by atoms with Gasteiger partial charge in [-0.05, 0) is 52.1 Å². The van der Waals surface area contributed by atoms with Crippen molar-refractivity contribution in [1.29, 1.82) is 0 Å². The molecule has 2 atom stereocenters.